The van der Waals surface area contributed by atoms with E-state index < -0.39 is 0 Å². The molecule has 14 heavy (non-hydrogen) atoms. The molecule has 0 unspecified atom stereocenters. The van der Waals surface area contributed by atoms with Crippen LogP contribution in [-0.4, -0.2) is 35.6 Å². The lowest BCUT2D eigenvalue weighted by atomic mass is 10.5. The van der Waals surface area contributed by atoms with Crippen molar-refractivity contribution in [2.75, 3.05) is 19.7 Å². The van der Waals surface area contributed by atoms with E-state index in [9.17, 15) is 0 Å². The number of rotatable bonds is 7. The van der Waals surface area contributed by atoms with Gasteiger partial charge in [0.05, 0.1) is 19.3 Å². The maximum atomic E-state index is 5.39. The van der Waals surface area contributed by atoms with E-state index >= 15 is 0 Å². The van der Waals surface area contributed by atoms with Gasteiger partial charge in [-0.2, -0.15) is 5.10 Å². The van der Waals surface area contributed by atoms with Crippen LogP contribution < -0.4 is 5.32 Å². The van der Waals surface area contributed by atoms with Gasteiger partial charge in [0.15, 0.2) is 0 Å². The van der Waals surface area contributed by atoms with Gasteiger partial charge in [-0.15, -0.1) is 0 Å². The predicted molar refractivity (Wildman–Crippen MR) is 56.2 cm³/mol. The maximum Gasteiger partial charge on any atom is 0.0594 e. The third-order valence-electron chi connectivity index (χ3n) is 1.81. The zero-order valence-corrected chi connectivity index (χ0v) is 8.94. The summed E-state index contributed by atoms with van der Waals surface area (Å²) < 4.78 is 7.31. The normalized spacial score (nSPS) is 11.1. The average molecular weight is 197 g/mol. The zero-order valence-electron chi connectivity index (χ0n) is 8.94. The molecule has 0 fully saturated rings. The molecular weight excluding hydrogens is 178 g/mol. The number of hydrogen-bond acceptors (Lipinski definition) is 3. The van der Waals surface area contributed by atoms with Gasteiger partial charge in [-0.3, -0.25) is 4.68 Å². The fraction of sp³-hybridized carbons (Fsp3) is 0.700. The highest BCUT2D eigenvalue weighted by Gasteiger charge is 1.93. The summed E-state index contributed by atoms with van der Waals surface area (Å²) >= 11 is 0. The van der Waals surface area contributed by atoms with Crippen LogP contribution in [-0.2, 0) is 11.3 Å². The molecule has 0 saturated heterocycles. The second-order valence-electron chi connectivity index (χ2n) is 3.44. The minimum Gasteiger partial charge on any atom is -0.377 e. The molecule has 1 aromatic heterocycles. The third kappa shape index (κ3) is 4.99. The molecule has 0 aliphatic carbocycles. The molecule has 0 saturated carbocycles. The Morgan fingerprint density at radius 3 is 2.93 bits per heavy atom. The molecule has 0 radical (unpaired) electrons. The first-order chi connectivity index (χ1) is 6.79. The Labute approximate surface area is 85.3 Å². The van der Waals surface area contributed by atoms with E-state index in [1.165, 1.54) is 0 Å². The topological polar surface area (TPSA) is 39.1 Å². The van der Waals surface area contributed by atoms with Crippen molar-refractivity contribution in [3.05, 3.63) is 18.5 Å². The van der Waals surface area contributed by atoms with Crippen LogP contribution in [0.5, 0.6) is 0 Å². The first-order valence-corrected chi connectivity index (χ1v) is 5.09. The van der Waals surface area contributed by atoms with Gasteiger partial charge in [-0.1, -0.05) is 0 Å². The summed E-state index contributed by atoms with van der Waals surface area (Å²) in [5.74, 6) is 0. The van der Waals surface area contributed by atoms with E-state index in [4.69, 9.17) is 4.74 Å². The molecule has 0 amide bonds. The largest absolute Gasteiger partial charge is 0.377 e. The van der Waals surface area contributed by atoms with Crippen LogP contribution in [0, 0.1) is 0 Å². The summed E-state index contributed by atoms with van der Waals surface area (Å²) in [5.41, 5.74) is 0. The molecule has 0 spiro atoms. The fourth-order valence-electron chi connectivity index (χ4n) is 1.12. The van der Waals surface area contributed by atoms with E-state index in [1.807, 2.05) is 30.8 Å². The average Bonchev–Trinajstić information content (AvgIpc) is 2.63. The van der Waals surface area contributed by atoms with Crippen LogP contribution in [0.25, 0.3) is 0 Å². The lowest BCUT2D eigenvalue weighted by molar-refractivity contribution is 0.0808. The smallest absolute Gasteiger partial charge is 0.0594 e. The maximum absolute atomic E-state index is 5.39. The van der Waals surface area contributed by atoms with E-state index in [1.54, 1.807) is 6.20 Å². The summed E-state index contributed by atoms with van der Waals surface area (Å²) in [6.45, 7) is 7.61. The molecule has 0 bridgehead atoms. The van der Waals surface area contributed by atoms with Crippen molar-refractivity contribution in [1.29, 1.82) is 0 Å². The number of nitrogens with one attached hydrogen (secondary N) is 1. The van der Waals surface area contributed by atoms with Crippen LogP contribution >= 0.6 is 0 Å². The quantitative estimate of drug-likeness (QED) is 0.660. The molecule has 4 heteroatoms. The zero-order chi connectivity index (χ0) is 10.2. The summed E-state index contributed by atoms with van der Waals surface area (Å²) in [6, 6.07) is 1.93. The Kier molecular flexibility index (Phi) is 5.25. The Balaban J connectivity index is 1.90. The highest BCUT2D eigenvalue weighted by atomic mass is 16.5. The summed E-state index contributed by atoms with van der Waals surface area (Å²) in [6.07, 6.45) is 4.08. The van der Waals surface area contributed by atoms with E-state index in [0.717, 1.165) is 26.2 Å². The molecule has 0 aliphatic rings. The van der Waals surface area contributed by atoms with Crippen molar-refractivity contribution in [3.63, 3.8) is 0 Å². The van der Waals surface area contributed by atoms with Crippen LogP contribution in [0.3, 0.4) is 0 Å². The molecule has 1 heterocycles. The molecule has 4 nitrogen and oxygen atoms in total. The fourth-order valence-corrected chi connectivity index (χ4v) is 1.12. The molecule has 0 atom stereocenters. The SMILES string of the molecule is CC(C)OCCNCCn1cccn1. The van der Waals surface area contributed by atoms with E-state index in [-0.39, 0.29) is 0 Å². The molecule has 0 aromatic carbocycles. The standard InChI is InChI=1S/C10H19N3O/c1-10(2)14-9-6-11-5-8-13-7-3-4-12-13/h3-4,7,10-11H,5-6,8-9H2,1-2H3. The molecule has 1 rings (SSSR count). The van der Waals surface area contributed by atoms with Gasteiger partial charge in [0, 0.05) is 25.5 Å². The number of hydrogen-bond donors (Lipinski definition) is 1. The van der Waals surface area contributed by atoms with Crippen LogP contribution in [0.15, 0.2) is 18.5 Å². The number of aromatic nitrogens is 2. The highest BCUT2D eigenvalue weighted by molar-refractivity contribution is 4.77. The number of ether oxygens (including phenoxy) is 1. The first-order valence-electron chi connectivity index (χ1n) is 5.09. The summed E-state index contributed by atoms with van der Waals surface area (Å²) in [7, 11) is 0. The Hall–Kier alpha value is -0.870. The van der Waals surface area contributed by atoms with Gasteiger partial charge in [0.2, 0.25) is 0 Å². The molecule has 80 valence electrons. The van der Waals surface area contributed by atoms with Gasteiger partial charge >= 0.3 is 0 Å². The monoisotopic (exact) mass is 197 g/mol. The summed E-state index contributed by atoms with van der Waals surface area (Å²) in [4.78, 5) is 0. The minimum absolute atomic E-state index is 0.322. The molecule has 1 aromatic rings. The van der Waals surface area contributed by atoms with Crippen molar-refractivity contribution >= 4 is 0 Å². The Morgan fingerprint density at radius 1 is 1.43 bits per heavy atom. The predicted octanol–water partition coefficient (Wildman–Crippen LogP) is 0.898. The number of nitrogens with zero attached hydrogens (tertiary/aromatic N) is 2. The second kappa shape index (κ2) is 6.56. The summed E-state index contributed by atoms with van der Waals surface area (Å²) in [5, 5.41) is 7.40. The van der Waals surface area contributed by atoms with Gasteiger partial charge < -0.3 is 10.1 Å². The molecule has 1 N–H and O–H groups in total. The lowest BCUT2D eigenvalue weighted by Gasteiger charge is -2.08. The third-order valence-corrected chi connectivity index (χ3v) is 1.81. The van der Waals surface area contributed by atoms with E-state index in [0.29, 0.717) is 6.10 Å². The van der Waals surface area contributed by atoms with E-state index in [2.05, 4.69) is 10.4 Å². The van der Waals surface area contributed by atoms with Gasteiger partial charge in [-0.05, 0) is 19.9 Å². The lowest BCUT2D eigenvalue weighted by Crippen LogP contribution is -2.25. The van der Waals surface area contributed by atoms with Crippen molar-refractivity contribution < 1.29 is 4.74 Å². The van der Waals surface area contributed by atoms with Gasteiger partial charge in [0.1, 0.15) is 0 Å². The first kappa shape index (κ1) is 11.2. The Morgan fingerprint density at radius 2 is 2.29 bits per heavy atom. The van der Waals surface area contributed by atoms with Crippen LogP contribution in [0.2, 0.25) is 0 Å². The van der Waals surface area contributed by atoms with Crippen molar-refractivity contribution in [3.8, 4) is 0 Å². The highest BCUT2D eigenvalue weighted by Crippen LogP contribution is 1.85. The second-order valence-corrected chi connectivity index (χ2v) is 3.44. The van der Waals surface area contributed by atoms with Crippen molar-refractivity contribution in [2.24, 2.45) is 0 Å². The van der Waals surface area contributed by atoms with Gasteiger partial charge in [0.25, 0.3) is 0 Å². The Bertz CT molecular complexity index is 221. The minimum atomic E-state index is 0.322. The molecule has 0 aliphatic heterocycles. The van der Waals surface area contributed by atoms with Crippen LogP contribution in [0.1, 0.15) is 13.8 Å². The van der Waals surface area contributed by atoms with Gasteiger partial charge in [-0.25, -0.2) is 0 Å². The van der Waals surface area contributed by atoms with Crippen molar-refractivity contribution in [1.82, 2.24) is 15.1 Å². The van der Waals surface area contributed by atoms with Crippen LogP contribution in [0.4, 0.5) is 0 Å². The van der Waals surface area contributed by atoms with Crippen molar-refractivity contribution in [2.45, 2.75) is 26.5 Å². The molecular formula is C10H19N3O.